The molecule has 2 aromatic rings. The van der Waals surface area contributed by atoms with Gasteiger partial charge >= 0.3 is 0 Å². The van der Waals surface area contributed by atoms with Gasteiger partial charge in [-0.15, -0.1) is 0 Å². The molecule has 0 saturated heterocycles. The number of allylic oxidation sites excluding steroid dienone is 3. The van der Waals surface area contributed by atoms with E-state index in [0.717, 1.165) is 58.4 Å². The topological polar surface area (TPSA) is 83.3 Å². The fourth-order valence-corrected chi connectivity index (χ4v) is 5.45. The summed E-state index contributed by atoms with van der Waals surface area (Å²) in [6.45, 7) is 6.05. The number of thioether (sulfide) groups is 1. The quantitative estimate of drug-likeness (QED) is 0.621. The van der Waals surface area contributed by atoms with Gasteiger partial charge in [-0.25, -0.2) is 0 Å². The van der Waals surface area contributed by atoms with Crippen LogP contribution in [0.25, 0.3) is 0 Å². The number of hydrogen-bond donors (Lipinski definition) is 1. The fraction of sp³-hybridized carbons (Fsp3) is 0.360. The van der Waals surface area contributed by atoms with Gasteiger partial charge in [-0.3, -0.25) is 9.69 Å². The minimum atomic E-state index is -0.482. The molecule has 0 bridgehead atoms. The molecule has 0 spiro atoms. The predicted molar refractivity (Wildman–Crippen MR) is 124 cm³/mol. The lowest BCUT2D eigenvalue weighted by Crippen LogP contribution is -2.39. The lowest BCUT2D eigenvalue weighted by molar-refractivity contribution is -0.116. The third kappa shape index (κ3) is 3.57. The second-order valence-corrected chi connectivity index (χ2v) is 9.07. The largest absolute Gasteiger partial charge is 0.455 e. The molecular formula is C25H27N3O2S. The SMILES string of the molecule is CCSc1oc(C)cc1C1C(C#N)=C(N)N(c2ccccc2CC)C2=C1C(=O)CCC2. The number of carbonyl (C=O) groups excluding carboxylic acids is 1. The van der Waals surface area contributed by atoms with Crippen LogP contribution in [0.2, 0.25) is 0 Å². The van der Waals surface area contributed by atoms with Gasteiger partial charge in [0.15, 0.2) is 10.9 Å². The lowest BCUT2D eigenvalue weighted by Gasteiger charge is -2.40. The molecule has 0 radical (unpaired) electrons. The molecule has 0 saturated carbocycles. The Labute approximate surface area is 187 Å². The van der Waals surface area contributed by atoms with Gasteiger partial charge < -0.3 is 10.2 Å². The molecule has 5 nitrogen and oxygen atoms in total. The van der Waals surface area contributed by atoms with Gasteiger partial charge in [-0.05, 0) is 49.6 Å². The van der Waals surface area contributed by atoms with Crippen molar-refractivity contribution in [3.63, 3.8) is 0 Å². The van der Waals surface area contributed by atoms with Gasteiger partial charge in [0.1, 0.15) is 11.6 Å². The van der Waals surface area contributed by atoms with E-state index in [4.69, 9.17) is 10.2 Å². The van der Waals surface area contributed by atoms with Crippen molar-refractivity contribution in [1.82, 2.24) is 0 Å². The summed E-state index contributed by atoms with van der Waals surface area (Å²) in [6.07, 6.45) is 2.86. The summed E-state index contributed by atoms with van der Waals surface area (Å²) in [6, 6.07) is 12.4. The molecule has 1 atom stereocenters. The van der Waals surface area contributed by atoms with Crippen molar-refractivity contribution < 1.29 is 9.21 Å². The summed E-state index contributed by atoms with van der Waals surface area (Å²) in [4.78, 5) is 15.3. The number of anilines is 1. The smallest absolute Gasteiger partial charge is 0.164 e. The Hall–Kier alpha value is -2.91. The van der Waals surface area contributed by atoms with Crippen LogP contribution in [-0.2, 0) is 11.2 Å². The van der Waals surface area contributed by atoms with Crippen LogP contribution in [0.3, 0.4) is 0 Å². The predicted octanol–water partition coefficient (Wildman–Crippen LogP) is 5.57. The fourth-order valence-electron chi connectivity index (χ4n) is 4.66. The highest BCUT2D eigenvalue weighted by Crippen LogP contribution is 2.49. The van der Waals surface area contributed by atoms with Crippen LogP contribution in [0.4, 0.5) is 5.69 Å². The molecule has 0 fully saturated rings. The van der Waals surface area contributed by atoms with Gasteiger partial charge in [-0.2, -0.15) is 5.26 Å². The molecule has 1 aliphatic heterocycles. The van der Waals surface area contributed by atoms with Crippen LogP contribution < -0.4 is 10.6 Å². The molecule has 160 valence electrons. The van der Waals surface area contributed by atoms with Gasteiger partial charge in [0.25, 0.3) is 0 Å². The highest BCUT2D eigenvalue weighted by molar-refractivity contribution is 7.99. The number of nitrogens with zero attached hydrogens (tertiary/aromatic N) is 2. The number of rotatable bonds is 5. The number of benzene rings is 1. The molecule has 2 N–H and O–H groups in total. The van der Waals surface area contributed by atoms with Crippen molar-refractivity contribution in [1.29, 1.82) is 5.26 Å². The van der Waals surface area contributed by atoms with Crippen LogP contribution in [-0.4, -0.2) is 11.5 Å². The normalized spacial score (nSPS) is 19.0. The molecule has 1 aromatic heterocycles. The first-order chi connectivity index (χ1) is 15.0. The van der Waals surface area contributed by atoms with E-state index >= 15 is 0 Å². The zero-order valence-corrected chi connectivity index (χ0v) is 19.0. The minimum Gasteiger partial charge on any atom is -0.455 e. The number of nitriles is 1. The Bertz CT molecular complexity index is 1140. The summed E-state index contributed by atoms with van der Waals surface area (Å²) >= 11 is 1.59. The summed E-state index contributed by atoms with van der Waals surface area (Å²) in [5, 5.41) is 11.0. The maximum absolute atomic E-state index is 13.3. The third-order valence-corrected chi connectivity index (χ3v) is 6.83. The first-order valence-corrected chi connectivity index (χ1v) is 11.8. The number of Topliss-reactive ketones (excluding diaryl/α,β-unsaturated/α-hetero) is 1. The molecule has 31 heavy (non-hydrogen) atoms. The van der Waals surface area contributed by atoms with Crippen molar-refractivity contribution >= 4 is 23.2 Å². The molecule has 6 heteroatoms. The van der Waals surface area contributed by atoms with E-state index in [1.165, 1.54) is 0 Å². The Morgan fingerprint density at radius 1 is 1.29 bits per heavy atom. The van der Waals surface area contributed by atoms with Crippen LogP contribution in [0.5, 0.6) is 0 Å². The van der Waals surface area contributed by atoms with Crippen LogP contribution in [0.1, 0.15) is 55.9 Å². The van der Waals surface area contributed by atoms with Crippen LogP contribution >= 0.6 is 11.8 Å². The van der Waals surface area contributed by atoms with Gasteiger partial charge in [0.05, 0.1) is 23.2 Å². The third-order valence-electron chi connectivity index (χ3n) is 5.96. The standard InChI is InChI=1S/C25H27N3O2S/c1-4-16-9-6-7-10-19(16)28-20-11-8-12-21(29)23(20)22(18(14-26)24(28)27)17-13-15(3)30-25(17)31-5-2/h6-7,9-10,13,22H,4-5,8,11-12,27H2,1-3H3. The molecule has 1 aliphatic carbocycles. The first-order valence-electron chi connectivity index (χ1n) is 10.8. The zero-order valence-electron chi connectivity index (χ0n) is 18.2. The number of nitrogens with two attached hydrogens (primary N) is 1. The maximum atomic E-state index is 13.3. The van der Waals surface area contributed by atoms with Crippen molar-refractivity contribution in [3.05, 3.63) is 69.9 Å². The molecule has 1 unspecified atom stereocenters. The van der Waals surface area contributed by atoms with Gasteiger partial charge in [-0.1, -0.05) is 43.8 Å². The average Bonchev–Trinajstić information content (AvgIpc) is 3.13. The van der Waals surface area contributed by atoms with Crippen molar-refractivity contribution in [2.75, 3.05) is 10.7 Å². The number of furan rings is 1. The lowest BCUT2D eigenvalue weighted by atomic mass is 9.76. The Balaban J connectivity index is 1.99. The molecule has 2 heterocycles. The summed E-state index contributed by atoms with van der Waals surface area (Å²) in [5.41, 5.74) is 11.7. The summed E-state index contributed by atoms with van der Waals surface area (Å²) < 4.78 is 5.94. The molecule has 0 amide bonds. The van der Waals surface area contributed by atoms with E-state index in [0.29, 0.717) is 23.4 Å². The molecule has 4 rings (SSSR count). The molecule has 2 aliphatic rings. The molecular weight excluding hydrogens is 406 g/mol. The average molecular weight is 434 g/mol. The van der Waals surface area contributed by atoms with E-state index in [-0.39, 0.29) is 5.78 Å². The van der Waals surface area contributed by atoms with E-state index < -0.39 is 5.92 Å². The van der Waals surface area contributed by atoms with Crippen molar-refractivity contribution in [2.45, 2.75) is 57.5 Å². The Morgan fingerprint density at radius 2 is 2.06 bits per heavy atom. The number of ketones is 1. The second-order valence-electron chi connectivity index (χ2n) is 7.83. The summed E-state index contributed by atoms with van der Waals surface area (Å²) in [7, 11) is 0. The van der Waals surface area contributed by atoms with E-state index in [2.05, 4.69) is 26.0 Å². The van der Waals surface area contributed by atoms with Crippen LogP contribution in [0, 0.1) is 18.3 Å². The number of aryl methyl sites for hydroxylation is 2. The second kappa shape index (κ2) is 8.68. The van der Waals surface area contributed by atoms with Crippen molar-refractivity contribution in [2.24, 2.45) is 5.73 Å². The zero-order chi connectivity index (χ0) is 22.1. The Kier molecular flexibility index (Phi) is 5.97. The highest BCUT2D eigenvalue weighted by atomic mass is 32.2. The van der Waals surface area contributed by atoms with Gasteiger partial charge in [0, 0.05) is 23.3 Å². The Morgan fingerprint density at radius 3 is 2.77 bits per heavy atom. The van der Waals surface area contributed by atoms with Crippen molar-refractivity contribution in [3.8, 4) is 6.07 Å². The van der Waals surface area contributed by atoms with Gasteiger partial charge in [0.2, 0.25) is 0 Å². The van der Waals surface area contributed by atoms with E-state index in [1.54, 1.807) is 11.8 Å². The van der Waals surface area contributed by atoms with E-state index in [1.807, 2.05) is 36.1 Å². The van der Waals surface area contributed by atoms with Crippen LogP contribution in [0.15, 0.2) is 62.5 Å². The number of para-hydroxylation sites is 1. The number of carbonyl (C=O) groups is 1. The highest BCUT2D eigenvalue weighted by Gasteiger charge is 2.42. The molecule has 1 aromatic carbocycles. The maximum Gasteiger partial charge on any atom is 0.164 e. The first kappa shape index (κ1) is 21.3. The monoisotopic (exact) mass is 433 g/mol. The van der Waals surface area contributed by atoms with E-state index in [9.17, 15) is 10.1 Å². The number of hydrogen-bond acceptors (Lipinski definition) is 6. The summed E-state index contributed by atoms with van der Waals surface area (Å²) in [5.74, 6) is 1.63. The minimum absolute atomic E-state index is 0.0942.